The SMILES string of the molecule is Cc1cc(C(=O)O)cc(C(=O)N(C)CC(=O)Nc2cccc(C)c2C)c1. The summed E-state index contributed by atoms with van der Waals surface area (Å²) in [6.45, 7) is 5.46. The maximum Gasteiger partial charge on any atom is 0.335 e. The molecule has 2 amide bonds. The van der Waals surface area contributed by atoms with Crippen molar-refractivity contribution in [3.8, 4) is 0 Å². The Balaban J connectivity index is 2.10. The Kier molecular flexibility index (Phi) is 5.77. The van der Waals surface area contributed by atoms with E-state index in [1.807, 2.05) is 32.0 Å². The molecule has 0 aliphatic rings. The predicted octanol–water partition coefficient (Wildman–Crippen LogP) is 3.02. The Morgan fingerprint density at radius 1 is 1.04 bits per heavy atom. The molecule has 0 radical (unpaired) electrons. The summed E-state index contributed by atoms with van der Waals surface area (Å²) >= 11 is 0. The molecule has 6 heteroatoms. The summed E-state index contributed by atoms with van der Waals surface area (Å²) in [6.07, 6.45) is 0. The van der Waals surface area contributed by atoms with Gasteiger partial charge in [0.15, 0.2) is 0 Å². The van der Waals surface area contributed by atoms with Gasteiger partial charge in [-0.3, -0.25) is 9.59 Å². The summed E-state index contributed by atoms with van der Waals surface area (Å²) in [5.41, 5.74) is 3.69. The first-order valence-corrected chi connectivity index (χ1v) is 8.15. The molecule has 6 nitrogen and oxygen atoms in total. The predicted molar refractivity (Wildman–Crippen MR) is 99.6 cm³/mol. The van der Waals surface area contributed by atoms with E-state index < -0.39 is 11.9 Å². The van der Waals surface area contributed by atoms with E-state index in [1.54, 1.807) is 13.0 Å². The molecule has 2 rings (SSSR count). The van der Waals surface area contributed by atoms with E-state index in [1.165, 1.54) is 24.1 Å². The first-order chi connectivity index (χ1) is 12.2. The van der Waals surface area contributed by atoms with Gasteiger partial charge >= 0.3 is 5.97 Å². The van der Waals surface area contributed by atoms with Gasteiger partial charge in [-0.2, -0.15) is 0 Å². The smallest absolute Gasteiger partial charge is 0.335 e. The first kappa shape index (κ1) is 19.2. The van der Waals surface area contributed by atoms with Gasteiger partial charge in [-0.1, -0.05) is 12.1 Å². The highest BCUT2D eigenvalue weighted by Crippen LogP contribution is 2.18. The number of likely N-dealkylation sites (N-methyl/N-ethyl adjacent to an activating group) is 1. The molecule has 26 heavy (non-hydrogen) atoms. The van der Waals surface area contributed by atoms with Crippen molar-refractivity contribution >= 4 is 23.5 Å². The minimum absolute atomic E-state index is 0.0431. The van der Waals surface area contributed by atoms with Crippen LogP contribution in [0.3, 0.4) is 0 Å². The van der Waals surface area contributed by atoms with Crippen molar-refractivity contribution in [2.45, 2.75) is 20.8 Å². The number of carbonyl (C=O) groups is 3. The second-order valence-electron chi connectivity index (χ2n) is 6.35. The third-order valence-electron chi connectivity index (χ3n) is 4.18. The van der Waals surface area contributed by atoms with E-state index in [-0.39, 0.29) is 23.6 Å². The number of nitrogens with one attached hydrogen (secondary N) is 1. The first-order valence-electron chi connectivity index (χ1n) is 8.15. The maximum atomic E-state index is 12.5. The molecule has 2 N–H and O–H groups in total. The van der Waals surface area contributed by atoms with E-state index in [0.29, 0.717) is 11.3 Å². The van der Waals surface area contributed by atoms with Crippen LogP contribution in [0.2, 0.25) is 0 Å². The monoisotopic (exact) mass is 354 g/mol. The number of nitrogens with zero attached hydrogens (tertiary/aromatic N) is 1. The molecule has 136 valence electrons. The molecular formula is C20H22N2O4. The van der Waals surface area contributed by atoms with Gasteiger partial charge in [0.2, 0.25) is 5.91 Å². The zero-order valence-corrected chi connectivity index (χ0v) is 15.3. The van der Waals surface area contributed by atoms with E-state index in [9.17, 15) is 14.4 Å². The van der Waals surface area contributed by atoms with Crippen LogP contribution in [0.4, 0.5) is 5.69 Å². The maximum absolute atomic E-state index is 12.5. The van der Waals surface area contributed by atoms with Gasteiger partial charge in [-0.05, 0) is 61.7 Å². The Bertz CT molecular complexity index is 874. The Hall–Kier alpha value is -3.15. The van der Waals surface area contributed by atoms with Crippen LogP contribution in [0.5, 0.6) is 0 Å². The molecule has 0 spiro atoms. The average Bonchev–Trinajstić information content (AvgIpc) is 2.57. The topological polar surface area (TPSA) is 86.7 Å². The van der Waals surface area contributed by atoms with E-state index >= 15 is 0 Å². The number of hydrogen-bond donors (Lipinski definition) is 2. The van der Waals surface area contributed by atoms with Gasteiger partial charge in [-0.15, -0.1) is 0 Å². The zero-order valence-electron chi connectivity index (χ0n) is 15.3. The third-order valence-corrected chi connectivity index (χ3v) is 4.18. The van der Waals surface area contributed by atoms with Crippen LogP contribution >= 0.6 is 0 Å². The number of carboxylic acid groups (broad SMARTS) is 1. The lowest BCUT2D eigenvalue weighted by Crippen LogP contribution is -2.35. The highest BCUT2D eigenvalue weighted by molar-refractivity contribution is 6.01. The van der Waals surface area contributed by atoms with Gasteiger partial charge in [0.1, 0.15) is 0 Å². The minimum atomic E-state index is -1.10. The quantitative estimate of drug-likeness (QED) is 0.864. The standard InChI is InChI=1S/C20H22N2O4/c1-12-8-15(10-16(9-12)20(25)26)19(24)22(4)11-18(23)21-17-7-5-6-13(2)14(17)3/h5-10H,11H2,1-4H3,(H,21,23)(H,25,26). The fourth-order valence-corrected chi connectivity index (χ4v) is 2.61. The van der Waals surface area contributed by atoms with Crippen LogP contribution < -0.4 is 5.32 Å². The molecule has 0 aliphatic heterocycles. The van der Waals surface area contributed by atoms with E-state index in [4.69, 9.17) is 5.11 Å². The summed E-state index contributed by atoms with van der Waals surface area (Å²) in [5, 5.41) is 11.9. The molecule has 2 aromatic rings. The van der Waals surface area contributed by atoms with Crippen LogP contribution in [0.15, 0.2) is 36.4 Å². The molecule has 0 fully saturated rings. The van der Waals surface area contributed by atoms with Crippen molar-refractivity contribution < 1.29 is 19.5 Å². The van der Waals surface area contributed by atoms with Crippen LogP contribution in [0.1, 0.15) is 37.4 Å². The number of aryl methyl sites for hydroxylation is 2. The molecule has 0 saturated heterocycles. The summed E-state index contributed by atoms with van der Waals surface area (Å²) in [5.74, 6) is -1.83. The van der Waals surface area contributed by atoms with Crippen molar-refractivity contribution in [1.29, 1.82) is 0 Å². The number of hydrogen-bond acceptors (Lipinski definition) is 3. The summed E-state index contributed by atoms with van der Waals surface area (Å²) in [7, 11) is 1.51. The Morgan fingerprint density at radius 2 is 1.69 bits per heavy atom. The van der Waals surface area contributed by atoms with Crippen molar-refractivity contribution in [2.24, 2.45) is 0 Å². The van der Waals surface area contributed by atoms with E-state index in [2.05, 4.69) is 5.32 Å². The Morgan fingerprint density at radius 3 is 2.35 bits per heavy atom. The van der Waals surface area contributed by atoms with Gasteiger partial charge in [0.25, 0.3) is 5.91 Å². The second kappa shape index (κ2) is 7.82. The second-order valence-corrected chi connectivity index (χ2v) is 6.35. The lowest BCUT2D eigenvalue weighted by Gasteiger charge is -2.18. The largest absolute Gasteiger partial charge is 0.478 e. The van der Waals surface area contributed by atoms with Crippen LogP contribution in [-0.2, 0) is 4.79 Å². The highest BCUT2D eigenvalue weighted by Gasteiger charge is 2.17. The summed E-state index contributed by atoms with van der Waals surface area (Å²) in [4.78, 5) is 37.2. The highest BCUT2D eigenvalue weighted by atomic mass is 16.4. The average molecular weight is 354 g/mol. The third kappa shape index (κ3) is 4.47. The molecule has 0 unspecified atom stereocenters. The summed E-state index contributed by atoms with van der Waals surface area (Å²) in [6, 6.07) is 10.0. The van der Waals surface area contributed by atoms with Gasteiger partial charge in [0.05, 0.1) is 12.1 Å². The minimum Gasteiger partial charge on any atom is -0.478 e. The number of amides is 2. The fourth-order valence-electron chi connectivity index (χ4n) is 2.61. The summed E-state index contributed by atoms with van der Waals surface area (Å²) < 4.78 is 0. The lowest BCUT2D eigenvalue weighted by atomic mass is 10.1. The lowest BCUT2D eigenvalue weighted by molar-refractivity contribution is -0.116. The van der Waals surface area contributed by atoms with Crippen LogP contribution in [-0.4, -0.2) is 41.4 Å². The van der Waals surface area contributed by atoms with Crippen molar-refractivity contribution in [1.82, 2.24) is 4.90 Å². The van der Waals surface area contributed by atoms with Crippen molar-refractivity contribution in [3.05, 3.63) is 64.2 Å². The van der Waals surface area contributed by atoms with Gasteiger partial charge in [-0.25, -0.2) is 4.79 Å². The zero-order chi connectivity index (χ0) is 19.4. The number of benzene rings is 2. The number of anilines is 1. The van der Waals surface area contributed by atoms with Crippen molar-refractivity contribution in [2.75, 3.05) is 18.9 Å². The molecule has 0 aromatic heterocycles. The molecule has 0 saturated carbocycles. The molecular weight excluding hydrogens is 332 g/mol. The molecule has 2 aromatic carbocycles. The fraction of sp³-hybridized carbons (Fsp3) is 0.250. The molecule has 0 aliphatic carbocycles. The number of aromatic carboxylic acids is 1. The molecule has 0 heterocycles. The van der Waals surface area contributed by atoms with Crippen LogP contribution in [0, 0.1) is 20.8 Å². The van der Waals surface area contributed by atoms with Gasteiger partial charge in [0, 0.05) is 18.3 Å². The normalized spacial score (nSPS) is 10.3. The van der Waals surface area contributed by atoms with Gasteiger partial charge < -0.3 is 15.3 Å². The number of carbonyl (C=O) groups excluding carboxylic acids is 2. The Labute approximate surface area is 152 Å². The molecule has 0 bridgehead atoms. The van der Waals surface area contributed by atoms with E-state index in [0.717, 1.165) is 11.1 Å². The van der Waals surface area contributed by atoms with Crippen LogP contribution in [0.25, 0.3) is 0 Å². The number of carboxylic acids is 1. The molecule has 0 atom stereocenters. The number of rotatable bonds is 5. The van der Waals surface area contributed by atoms with Crippen molar-refractivity contribution in [3.63, 3.8) is 0 Å².